The summed E-state index contributed by atoms with van der Waals surface area (Å²) in [6.07, 6.45) is 2.12. The van der Waals surface area contributed by atoms with Gasteiger partial charge >= 0.3 is 0 Å². The summed E-state index contributed by atoms with van der Waals surface area (Å²) in [5, 5.41) is 4.30. The van der Waals surface area contributed by atoms with Crippen LogP contribution in [0.2, 0.25) is 5.02 Å². The Kier molecular flexibility index (Phi) is 6.51. The van der Waals surface area contributed by atoms with E-state index in [2.05, 4.69) is 62.5 Å². The number of nitrogens with one attached hydrogen (secondary N) is 1. The molecule has 1 rings (SSSR count). The van der Waals surface area contributed by atoms with Gasteiger partial charge in [0.05, 0.1) is 10.7 Å². The van der Waals surface area contributed by atoms with Crippen molar-refractivity contribution in [3.05, 3.63) is 28.8 Å². The van der Waals surface area contributed by atoms with E-state index >= 15 is 0 Å². The smallest absolute Gasteiger partial charge is 0.0642 e. The van der Waals surface area contributed by atoms with Crippen molar-refractivity contribution < 1.29 is 0 Å². The fraction of sp³-hybridized carbons (Fsp3) is 0.600. The van der Waals surface area contributed by atoms with Gasteiger partial charge in [0.25, 0.3) is 0 Å². The monoisotopic (exact) mass is 300 g/mol. The van der Waals surface area contributed by atoms with Crippen LogP contribution in [0.25, 0.3) is 0 Å². The van der Waals surface area contributed by atoms with Crippen molar-refractivity contribution >= 4 is 29.1 Å². The van der Waals surface area contributed by atoms with Crippen molar-refractivity contribution in [1.82, 2.24) is 5.32 Å². The van der Waals surface area contributed by atoms with Crippen molar-refractivity contribution in [2.24, 2.45) is 0 Å². The Labute approximate surface area is 126 Å². The summed E-state index contributed by atoms with van der Waals surface area (Å²) in [5.74, 6) is 1.11. The second-order valence-corrected chi connectivity index (χ2v) is 7.20. The second-order valence-electron chi connectivity index (χ2n) is 5.80. The van der Waals surface area contributed by atoms with Crippen LogP contribution in [0.15, 0.2) is 18.2 Å². The standard InChI is InChI=1S/C15H25ClN2S/c1-15(2,3)17-11-12-6-7-14(13(16)10-12)18(4)8-9-19-5/h6-7,10,17H,8-9,11H2,1-5H3. The molecule has 0 aromatic heterocycles. The summed E-state index contributed by atoms with van der Waals surface area (Å²) >= 11 is 8.23. The van der Waals surface area contributed by atoms with Crippen LogP contribution in [0.1, 0.15) is 26.3 Å². The maximum atomic E-state index is 6.38. The van der Waals surface area contributed by atoms with Crippen molar-refractivity contribution in [3.8, 4) is 0 Å². The lowest BCUT2D eigenvalue weighted by atomic mass is 10.1. The summed E-state index contributed by atoms with van der Waals surface area (Å²) in [7, 11) is 2.09. The van der Waals surface area contributed by atoms with Crippen LogP contribution in [0.4, 0.5) is 5.69 Å². The van der Waals surface area contributed by atoms with E-state index in [-0.39, 0.29) is 5.54 Å². The highest BCUT2D eigenvalue weighted by Gasteiger charge is 2.10. The van der Waals surface area contributed by atoms with Gasteiger partial charge in [0.1, 0.15) is 0 Å². The zero-order chi connectivity index (χ0) is 14.5. The summed E-state index contributed by atoms with van der Waals surface area (Å²) < 4.78 is 0. The van der Waals surface area contributed by atoms with Crippen molar-refractivity contribution in [2.75, 3.05) is 30.5 Å². The fourth-order valence-electron chi connectivity index (χ4n) is 1.69. The molecule has 0 amide bonds. The average molecular weight is 301 g/mol. The van der Waals surface area contributed by atoms with E-state index in [4.69, 9.17) is 11.6 Å². The first-order valence-corrected chi connectivity index (χ1v) is 8.34. The molecule has 1 N–H and O–H groups in total. The van der Waals surface area contributed by atoms with Crippen LogP contribution in [-0.2, 0) is 6.54 Å². The molecule has 0 aliphatic heterocycles. The highest BCUT2D eigenvalue weighted by molar-refractivity contribution is 7.98. The molecular weight excluding hydrogens is 276 g/mol. The average Bonchev–Trinajstić information content (AvgIpc) is 2.32. The second kappa shape index (κ2) is 7.41. The van der Waals surface area contributed by atoms with Crippen LogP contribution < -0.4 is 10.2 Å². The third-order valence-corrected chi connectivity index (χ3v) is 3.77. The number of nitrogens with zero attached hydrogens (tertiary/aromatic N) is 1. The van der Waals surface area contributed by atoms with E-state index < -0.39 is 0 Å². The van der Waals surface area contributed by atoms with E-state index in [1.54, 1.807) is 0 Å². The molecule has 19 heavy (non-hydrogen) atoms. The molecule has 0 saturated carbocycles. The molecule has 0 aliphatic carbocycles. The van der Waals surface area contributed by atoms with E-state index in [1.165, 1.54) is 5.56 Å². The van der Waals surface area contributed by atoms with Gasteiger partial charge in [-0.05, 0) is 44.7 Å². The van der Waals surface area contributed by atoms with Crippen LogP contribution in [0.3, 0.4) is 0 Å². The van der Waals surface area contributed by atoms with Crippen LogP contribution >= 0.6 is 23.4 Å². The predicted molar refractivity (Wildman–Crippen MR) is 89.7 cm³/mol. The molecule has 1 aromatic carbocycles. The van der Waals surface area contributed by atoms with Crippen molar-refractivity contribution in [2.45, 2.75) is 32.9 Å². The van der Waals surface area contributed by atoms with Crippen molar-refractivity contribution in [3.63, 3.8) is 0 Å². The van der Waals surface area contributed by atoms with Gasteiger partial charge in [-0.3, -0.25) is 0 Å². The lowest BCUT2D eigenvalue weighted by Crippen LogP contribution is -2.35. The molecule has 4 heteroatoms. The number of benzene rings is 1. The van der Waals surface area contributed by atoms with E-state index in [0.717, 1.165) is 29.6 Å². The molecule has 0 unspecified atom stereocenters. The summed E-state index contributed by atoms with van der Waals surface area (Å²) in [4.78, 5) is 2.21. The Morgan fingerprint density at radius 3 is 2.53 bits per heavy atom. The van der Waals surface area contributed by atoms with Gasteiger partial charge in [0.2, 0.25) is 0 Å². The largest absolute Gasteiger partial charge is 0.373 e. The molecule has 0 spiro atoms. The molecule has 0 radical (unpaired) electrons. The minimum atomic E-state index is 0.125. The first-order valence-electron chi connectivity index (χ1n) is 6.57. The van der Waals surface area contributed by atoms with Gasteiger partial charge in [-0.25, -0.2) is 0 Å². The molecule has 108 valence electrons. The highest BCUT2D eigenvalue weighted by atomic mass is 35.5. The van der Waals surface area contributed by atoms with E-state index in [0.29, 0.717) is 0 Å². The molecule has 0 atom stereocenters. The summed E-state index contributed by atoms with van der Waals surface area (Å²) in [5.41, 5.74) is 2.46. The van der Waals surface area contributed by atoms with Crippen LogP contribution in [-0.4, -0.2) is 31.1 Å². The third-order valence-electron chi connectivity index (χ3n) is 2.88. The highest BCUT2D eigenvalue weighted by Crippen LogP contribution is 2.26. The van der Waals surface area contributed by atoms with Crippen molar-refractivity contribution in [1.29, 1.82) is 0 Å². The maximum Gasteiger partial charge on any atom is 0.0642 e. The lowest BCUT2D eigenvalue weighted by Gasteiger charge is -2.22. The van der Waals surface area contributed by atoms with Gasteiger partial charge < -0.3 is 10.2 Å². The summed E-state index contributed by atoms with van der Waals surface area (Å²) in [6.45, 7) is 8.36. The van der Waals surface area contributed by atoms with E-state index in [1.807, 2.05) is 11.8 Å². The molecule has 2 nitrogen and oxygen atoms in total. The predicted octanol–water partition coefficient (Wildman–Crippen LogP) is 4.03. The van der Waals surface area contributed by atoms with Gasteiger partial charge in [-0.15, -0.1) is 0 Å². The topological polar surface area (TPSA) is 15.3 Å². The Morgan fingerprint density at radius 2 is 2.00 bits per heavy atom. The van der Waals surface area contributed by atoms with Crippen LogP contribution in [0.5, 0.6) is 0 Å². The summed E-state index contributed by atoms with van der Waals surface area (Å²) in [6, 6.07) is 6.32. The molecule has 0 fully saturated rings. The number of thioether (sulfide) groups is 1. The van der Waals surface area contributed by atoms with Gasteiger partial charge in [-0.2, -0.15) is 11.8 Å². The molecule has 1 aromatic rings. The molecular formula is C15H25ClN2S. The van der Waals surface area contributed by atoms with Crippen LogP contribution in [0, 0.1) is 0 Å². The zero-order valence-electron chi connectivity index (χ0n) is 12.6. The quantitative estimate of drug-likeness (QED) is 0.854. The SMILES string of the molecule is CSCCN(C)c1ccc(CNC(C)(C)C)cc1Cl. The fourth-order valence-corrected chi connectivity index (χ4v) is 2.49. The Balaban J connectivity index is 2.69. The third kappa shape index (κ3) is 6.07. The number of hydrogen-bond donors (Lipinski definition) is 1. The molecule has 0 bridgehead atoms. The Hall–Kier alpha value is -0.380. The lowest BCUT2D eigenvalue weighted by molar-refractivity contribution is 0.424. The number of rotatable bonds is 6. The van der Waals surface area contributed by atoms with E-state index in [9.17, 15) is 0 Å². The molecule has 0 aliphatic rings. The normalized spacial score (nSPS) is 11.7. The van der Waals surface area contributed by atoms with Gasteiger partial charge in [-0.1, -0.05) is 17.7 Å². The minimum Gasteiger partial charge on any atom is -0.373 e. The van der Waals surface area contributed by atoms with Gasteiger partial charge in [0, 0.05) is 31.4 Å². The first-order chi connectivity index (χ1) is 8.83. The molecule has 0 heterocycles. The minimum absolute atomic E-state index is 0.125. The number of anilines is 1. The Bertz CT molecular complexity index is 402. The zero-order valence-corrected chi connectivity index (χ0v) is 14.2. The molecule has 0 saturated heterocycles. The Morgan fingerprint density at radius 1 is 1.32 bits per heavy atom. The van der Waals surface area contributed by atoms with Gasteiger partial charge in [0.15, 0.2) is 0 Å². The number of hydrogen-bond acceptors (Lipinski definition) is 3. The first kappa shape index (κ1) is 16.7. The number of halogens is 1. The maximum absolute atomic E-state index is 6.38.